The highest BCUT2D eigenvalue weighted by molar-refractivity contribution is 7.98. The summed E-state index contributed by atoms with van der Waals surface area (Å²) >= 11 is 1.43. The summed E-state index contributed by atoms with van der Waals surface area (Å²) in [4.78, 5) is 47.3. The fraction of sp³-hybridized carbons (Fsp3) is 0.190. The molecule has 0 aliphatic rings. The first-order chi connectivity index (χ1) is 14.8. The molecule has 9 nitrogen and oxygen atoms in total. The highest BCUT2D eigenvalue weighted by Gasteiger charge is 2.23. The molecule has 0 aliphatic heterocycles. The number of nitrogens with one attached hydrogen (secondary N) is 2. The van der Waals surface area contributed by atoms with Gasteiger partial charge in [-0.15, -0.1) is 0 Å². The minimum absolute atomic E-state index is 0.189. The van der Waals surface area contributed by atoms with Crippen LogP contribution in [0, 0.1) is 10.1 Å². The lowest BCUT2D eigenvalue weighted by Crippen LogP contribution is -2.44. The summed E-state index contributed by atoms with van der Waals surface area (Å²) in [5.41, 5.74) is 0.164. The summed E-state index contributed by atoms with van der Waals surface area (Å²) in [7, 11) is 0. The minimum Gasteiger partial charge on any atom is -0.480 e. The van der Waals surface area contributed by atoms with E-state index in [1.807, 2.05) is 6.26 Å². The quantitative estimate of drug-likeness (QED) is 0.291. The van der Waals surface area contributed by atoms with Gasteiger partial charge >= 0.3 is 5.97 Å². The molecule has 2 amide bonds. The number of hydrogen-bond donors (Lipinski definition) is 3. The third-order valence-electron chi connectivity index (χ3n) is 4.13. The maximum atomic E-state index is 12.8. The number of non-ortho nitro benzene ring substituents is 1. The summed E-state index contributed by atoms with van der Waals surface area (Å²) in [5, 5.41) is 25.3. The molecule has 0 saturated heterocycles. The van der Waals surface area contributed by atoms with Crippen molar-refractivity contribution in [1.29, 1.82) is 0 Å². The second-order valence-corrected chi connectivity index (χ2v) is 7.36. The van der Waals surface area contributed by atoms with Crippen molar-refractivity contribution in [2.75, 3.05) is 12.0 Å². The van der Waals surface area contributed by atoms with Crippen LogP contribution in [0.25, 0.3) is 6.08 Å². The predicted octanol–water partition coefficient (Wildman–Crippen LogP) is 2.69. The van der Waals surface area contributed by atoms with Crippen molar-refractivity contribution >= 4 is 41.3 Å². The first-order valence-electron chi connectivity index (χ1n) is 9.17. The number of carbonyl (C=O) groups excluding carboxylic acids is 2. The molecule has 1 atom stereocenters. The Bertz CT molecular complexity index is 994. The molecule has 3 N–H and O–H groups in total. The summed E-state index contributed by atoms with van der Waals surface area (Å²) in [6.45, 7) is 0. The van der Waals surface area contributed by atoms with E-state index in [0.29, 0.717) is 11.3 Å². The number of nitrogens with zero attached hydrogens (tertiary/aromatic N) is 1. The molecule has 0 saturated carbocycles. The van der Waals surface area contributed by atoms with Crippen molar-refractivity contribution in [3.8, 4) is 0 Å². The number of carboxylic acids is 1. The van der Waals surface area contributed by atoms with Gasteiger partial charge in [-0.2, -0.15) is 11.8 Å². The average molecular weight is 443 g/mol. The van der Waals surface area contributed by atoms with Gasteiger partial charge in [0.1, 0.15) is 11.7 Å². The molecular formula is C21H21N3O6S. The lowest BCUT2D eigenvalue weighted by atomic mass is 10.1. The van der Waals surface area contributed by atoms with Gasteiger partial charge in [0.15, 0.2) is 0 Å². The Labute approximate surface area is 182 Å². The fourth-order valence-electron chi connectivity index (χ4n) is 2.57. The maximum absolute atomic E-state index is 12.8. The molecule has 2 rings (SSSR count). The number of carboxylic acid groups (broad SMARTS) is 1. The number of amides is 2. The zero-order valence-electron chi connectivity index (χ0n) is 16.6. The Morgan fingerprint density at radius 3 is 2.48 bits per heavy atom. The van der Waals surface area contributed by atoms with Crippen molar-refractivity contribution in [1.82, 2.24) is 10.6 Å². The van der Waals surface area contributed by atoms with Crippen molar-refractivity contribution < 1.29 is 24.4 Å². The lowest BCUT2D eigenvalue weighted by Gasteiger charge is -2.16. The number of hydrogen-bond acceptors (Lipinski definition) is 6. The van der Waals surface area contributed by atoms with E-state index < -0.39 is 28.7 Å². The van der Waals surface area contributed by atoms with E-state index in [0.717, 1.165) is 0 Å². The van der Waals surface area contributed by atoms with Gasteiger partial charge in [-0.1, -0.05) is 30.3 Å². The van der Waals surface area contributed by atoms with Crippen LogP contribution in [0.3, 0.4) is 0 Å². The zero-order chi connectivity index (χ0) is 22.8. The van der Waals surface area contributed by atoms with Crippen molar-refractivity contribution in [3.05, 3.63) is 81.5 Å². The first kappa shape index (κ1) is 23.6. The molecule has 10 heteroatoms. The third kappa shape index (κ3) is 7.27. The Morgan fingerprint density at radius 1 is 1.16 bits per heavy atom. The molecule has 0 spiro atoms. The van der Waals surface area contributed by atoms with Crippen LogP contribution in [0.5, 0.6) is 0 Å². The SMILES string of the molecule is CSCCC(NC(=O)C(=Cc1cccc([N+](=O)[O-])c1)NC(=O)c1ccccc1)C(=O)O. The Balaban J connectivity index is 2.35. The standard InChI is InChI=1S/C21H21N3O6S/c1-31-11-10-17(21(27)28)22-20(26)18(23-19(25)15-7-3-2-4-8-15)13-14-6-5-9-16(12-14)24(29)30/h2-9,12-13,17H,10-11H2,1H3,(H,22,26)(H,23,25)(H,27,28). The topological polar surface area (TPSA) is 139 Å². The summed E-state index contributed by atoms with van der Waals surface area (Å²) in [5.74, 6) is -2.09. The number of aliphatic carboxylic acids is 1. The first-order valence-corrected chi connectivity index (χ1v) is 10.6. The van der Waals surface area contributed by atoms with Gasteiger partial charge in [-0.05, 0) is 42.2 Å². The number of rotatable bonds is 10. The van der Waals surface area contributed by atoms with Gasteiger partial charge in [0.25, 0.3) is 17.5 Å². The Hall–Kier alpha value is -3.66. The maximum Gasteiger partial charge on any atom is 0.326 e. The minimum atomic E-state index is -1.20. The smallest absolute Gasteiger partial charge is 0.326 e. The number of thioether (sulfide) groups is 1. The van der Waals surface area contributed by atoms with Gasteiger partial charge < -0.3 is 15.7 Å². The molecule has 1 unspecified atom stereocenters. The van der Waals surface area contributed by atoms with E-state index in [-0.39, 0.29) is 23.4 Å². The monoisotopic (exact) mass is 443 g/mol. The van der Waals surface area contributed by atoms with Crippen LogP contribution in [0.2, 0.25) is 0 Å². The molecule has 0 aromatic heterocycles. The van der Waals surface area contributed by atoms with E-state index in [2.05, 4.69) is 10.6 Å². The molecule has 0 bridgehead atoms. The highest BCUT2D eigenvalue weighted by Crippen LogP contribution is 2.16. The van der Waals surface area contributed by atoms with Gasteiger partial charge in [-0.25, -0.2) is 4.79 Å². The molecular weight excluding hydrogens is 422 g/mol. The Morgan fingerprint density at radius 2 is 1.87 bits per heavy atom. The van der Waals surface area contributed by atoms with Crippen LogP contribution in [-0.2, 0) is 9.59 Å². The number of nitro benzene ring substituents is 1. The molecule has 2 aromatic carbocycles. The normalized spacial score (nSPS) is 12.0. The van der Waals surface area contributed by atoms with Gasteiger partial charge in [-0.3, -0.25) is 19.7 Å². The van der Waals surface area contributed by atoms with Crippen LogP contribution >= 0.6 is 11.8 Å². The molecule has 0 radical (unpaired) electrons. The molecule has 0 heterocycles. The molecule has 0 aliphatic carbocycles. The lowest BCUT2D eigenvalue weighted by molar-refractivity contribution is -0.384. The van der Waals surface area contributed by atoms with E-state index >= 15 is 0 Å². The second-order valence-electron chi connectivity index (χ2n) is 6.38. The van der Waals surface area contributed by atoms with E-state index in [9.17, 15) is 29.6 Å². The number of benzene rings is 2. The summed E-state index contributed by atoms with van der Waals surface area (Å²) < 4.78 is 0. The molecule has 2 aromatic rings. The predicted molar refractivity (Wildman–Crippen MR) is 118 cm³/mol. The number of nitro groups is 1. The van der Waals surface area contributed by atoms with Crippen LogP contribution in [0.4, 0.5) is 5.69 Å². The van der Waals surface area contributed by atoms with Crippen molar-refractivity contribution in [2.24, 2.45) is 0 Å². The van der Waals surface area contributed by atoms with Crippen LogP contribution in [-0.4, -0.2) is 45.9 Å². The van der Waals surface area contributed by atoms with Crippen molar-refractivity contribution in [2.45, 2.75) is 12.5 Å². The third-order valence-corrected chi connectivity index (χ3v) is 4.78. The van der Waals surface area contributed by atoms with Gasteiger partial charge in [0.05, 0.1) is 4.92 Å². The average Bonchev–Trinajstić information content (AvgIpc) is 2.76. The van der Waals surface area contributed by atoms with E-state index in [4.69, 9.17) is 0 Å². The number of carbonyl (C=O) groups is 3. The summed E-state index contributed by atoms with van der Waals surface area (Å²) in [6, 6.07) is 12.5. The van der Waals surface area contributed by atoms with E-state index in [1.165, 1.54) is 42.1 Å². The molecule has 162 valence electrons. The summed E-state index contributed by atoms with van der Waals surface area (Å²) in [6.07, 6.45) is 3.27. The van der Waals surface area contributed by atoms with Gasteiger partial charge in [0.2, 0.25) is 0 Å². The fourth-order valence-corrected chi connectivity index (χ4v) is 3.04. The largest absolute Gasteiger partial charge is 0.480 e. The van der Waals surface area contributed by atoms with Crippen molar-refractivity contribution in [3.63, 3.8) is 0 Å². The molecule has 31 heavy (non-hydrogen) atoms. The highest BCUT2D eigenvalue weighted by atomic mass is 32.2. The van der Waals surface area contributed by atoms with E-state index in [1.54, 1.807) is 30.3 Å². The zero-order valence-corrected chi connectivity index (χ0v) is 17.4. The van der Waals surface area contributed by atoms with Crippen LogP contribution in [0.1, 0.15) is 22.3 Å². The van der Waals surface area contributed by atoms with Crippen LogP contribution < -0.4 is 10.6 Å². The Kier molecular flexibility index (Phi) is 8.77. The van der Waals surface area contributed by atoms with Gasteiger partial charge in [0, 0.05) is 17.7 Å². The van der Waals surface area contributed by atoms with Crippen LogP contribution in [0.15, 0.2) is 60.3 Å². The second kappa shape index (κ2) is 11.5. The molecule has 0 fully saturated rings.